The topological polar surface area (TPSA) is 96.5 Å². The number of fused-ring (bicyclic) bond motifs is 1. The maximum atomic E-state index is 13.3. The number of aromatic amines is 1. The van der Waals surface area contributed by atoms with E-state index in [1.807, 2.05) is 19.1 Å². The van der Waals surface area contributed by atoms with Crippen LogP contribution in [0, 0.1) is 12.3 Å². The van der Waals surface area contributed by atoms with Crippen molar-refractivity contribution in [3.63, 3.8) is 0 Å². The lowest BCUT2D eigenvalue weighted by Gasteiger charge is -2.24. The number of aromatic nitrogens is 1. The van der Waals surface area contributed by atoms with Crippen LogP contribution in [0.2, 0.25) is 5.02 Å². The summed E-state index contributed by atoms with van der Waals surface area (Å²) in [5.41, 5.74) is 0.0953. The maximum Gasteiger partial charge on any atom is 0.328 e. The number of esters is 1. The number of carboxylic acid groups (broad SMARTS) is 1. The number of rotatable bonds is 7. The molecule has 0 atom stereocenters. The zero-order valence-corrected chi connectivity index (χ0v) is 17.7. The second-order valence-corrected chi connectivity index (χ2v) is 7.58. The van der Waals surface area contributed by atoms with Gasteiger partial charge in [0.25, 0.3) is 0 Å². The minimum atomic E-state index is -1.70. The van der Waals surface area contributed by atoms with Crippen molar-refractivity contribution in [2.45, 2.75) is 33.6 Å². The average Bonchev–Trinajstić information content (AvgIpc) is 3.06. The van der Waals surface area contributed by atoms with Crippen LogP contribution in [0.3, 0.4) is 0 Å². The van der Waals surface area contributed by atoms with Crippen LogP contribution in [0.4, 0.5) is 0 Å². The largest absolute Gasteiger partial charge is 0.480 e. The van der Waals surface area contributed by atoms with Crippen molar-refractivity contribution in [2.24, 2.45) is 5.41 Å². The van der Waals surface area contributed by atoms with E-state index in [4.69, 9.17) is 16.3 Å². The van der Waals surface area contributed by atoms with Crippen LogP contribution in [0.1, 0.15) is 48.3 Å². The fourth-order valence-corrected chi connectivity index (χ4v) is 3.66. The molecule has 1 aromatic heterocycles. The SMILES string of the molecule is CCC(CC)(C(=O)O)C(=O)Oc1c(C(=O)c2ccccc2C)[nH]c2cc(Cl)ccc12. The number of carboxylic acids is 1. The fraction of sp³-hybridized carbons (Fsp3) is 0.261. The normalized spacial score (nSPS) is 11.5. The van der Waals surface area contributed by atoms with E-state index in [-0.39, 0.29) is 30.1 Å². The van der Waals surface area contributed by atoms with E-state index in [0.717, 1.165) is 5.56 Å². The van der Waals surface area contributed by atoms with Gasteiger partial charge in [0.15, 0.2) is 11.2 Å². The molecule has 0 saturated carbocycles. The van der Waals surface area contributed by atoms with E-state index < -0.39 is 17.4 Å². The Labute approximate surface area is 178 Å². The molecule has 3 rings (SSSR count). The molecule has 6 nitrogen and oxygen atoms in total. The highest BCUT2D eigenvalue weighted by Gasteiger charge is 2.45. The molecule has 0 saturated heterocycles. The van der Waals surface area contributed by atoms with Gasteiger partial charge in [-0.2, -0.15) is 0 Å². The maximum absolute atomic E-state index is 13.3. The Morgan fingerprint density at radius 2 is 1.77 bits per heavy atom. The predicted molar refractivity (Wildman–Crippen MR) is 114 cm³/mol. The summed E-state index contributed by atoms with van der Waals surface area (Å²) in [5.74, 6) is -2.52. The zero-order valence-electron chi connectivity index (χ0n) is 16.9. The minimum Gasteiger partial charge on any atom is -0.480 e. The first-order chi connectivity index (χ1) is 14.2. The van der Waals surface area contributed by atoms with Gasteiger partial charge in [-0.15, -0.1) is 0 Å². The summed E-state index contributed by atoms with van der Waals surface area (Å²) in [6.45, 7) is 5.04. The van der Waals surface area contributed by atoms with E-state index in [1.54, 1.807) is 44.2 Å². The molecule has 1 heterocycles. The van der Waals surface area contributed by atoms with Gasteiger partial charge in [0.2, 0.25) is 5.78 Å². The number of H-pyrrole nitrogens is 1. The molecule has 3 aromatic rings. The second kappa shape index (κ2) is 8.32. The molecule has 0 bridgehead atoms. The number of benzene rings is 2. The molecule has 156 valence electrons. The summed E-state index contributed by atoms with van der Waals surface area (Å²) >= 11 is 6.08. The monoisotopic (exact) mass is 427 g/mol. The van der Waals surface area contributed by atoms with Crippen molar-refractivity contribution in [3.8, 4) is 5.75 Å². The predicted octanol–water partition coefficient (Wildman–Crippen LogP) is 5.16. The van der Waals surface area contributed by atoms with Crippen molar-refractivity contribution in [1.29, 1.82) is 0 Å². The van der Waals surface area contributed by atoms with Gasteiger partial charge >= 0.3 is 11.9 Å². The third-order valence-electron chi connectivity index (χ3n) is 5.53. The van der Waals surface area contributed by atoms with Gasteiger partial charge in [0.05, 0.1) is 5.52 Å². The van der Waals surface area contributed by atoms with Gasteiger partial charge in [-0.25, -0.2) is 0 Å². The molecule has 2 N–H and O–H groups in total. The number of aliphatic carboxylic acids is 1. The van der Waals surface area contributed by atoms with Gasteiger partial charge < -0.3 is 14.8 Å². The van der Waals surface area contributed by atoms with Gasteiger partial charge in [-0.1, -0.05) is 49.7 Å². The Kier molecular flexibility index (Phi) is 5.99. The molecule has 0 fully saturated rings. The first-order valence-corrected chi connectivity index (χ1v) is 10.00. The van der Waals surface area contributed by atoms with E-state index in [1.165, 1.54) is 0 Å². The third kappa shape index (κ3) is 3.59. The number of aryl methyl sites for hydroxylation is 1. The van der Waals surface area contributed by atoms with Crippen LogP contribution in [-0.4, -0.2) is 27.8 Å². The standard InChI is InChI=1S/C23H22ClNO5/c1-4-23(5-2,21(27)28)22(29)30-20-16-11-10-14(24)12-17(16)25-18(20)19(26)15-9-7-6-8-13(15)3/h6-12,25H,4-5H2,1-3H3,(H,27,28). The first-order valence-electron chi connectivity index (χ1n) is 9.62. The van der Waals surface area contributed by atoms with E-state index in [0.29, 0.717) is 21.5 Å². The van der Waals surface area contributed by atoms with Crippen molar-refractivity contribution in [3.05, 3.63) is 64.3 Å². The molecule has 0 spiro atoms. The van der Waals surface area contributed by atoms with Crippen LogP contribution in [0.15, 0.2) is 42.5 Å². The summed E-state index contributed by atoms with van der Waals surface area (Å²) in [5, 5.41) is 10.6. The fourth-order valence-electron chi connectivity index (χ4n) is 3.49. The molecule has 7 heteroatoms. The molecule has 0 aliphatic carbocycles. The van der Waals surface area contributed by atoms with Crippen LogP contribution in [0.25, 0.3) is 10.9 Å². The average molecular weight is 428 g/mol. The molecule has 2 aromatic carbocycles. The van der Waals surface area contributed by atoms with Crippen molar-refractivity contribution < 1.29 is 24.2 Å². The molecule has 0 unspecified atom stereocenters. The van der Waals surface area contributed by atoms with Crippen LogP contribution in [0.5, 0.6) is 5.75 Å². The number of ether oxygens (including phenoxy) is 1. The second-order valence-electron chi connectivity index (χ2n) is 7.15. The highest BCUT2D eigenvalue weighted by Crippen LogP contribution is 2.37. The number of hydrogen-bond acceptors (Lipinski definition) is 4. The zero-order chi connectivity index (χ0) is 22.1. The summed E-state index contributed by atoms with van der Waals surface area (Å²) in [4.78, 5) is 41.1. The Morgan fingerprint density at radius 3 is 2.37 bits per heavy atom. The van der Waals surface area contributed by atoms with Gasteiger partial charge in [-0.05, 0) is 43.5 Å². The highest BCUT2D eigenvalue weighted by atomic mass is 35.5. The van der Waals surface area contributed by atoms with Crippen LogP contribution >= 0.6 is 11.6 Å². The summed E-state index contributed by atoms with van der Waals surface area (Å²) < 4.78 is 5.61. The number of carbonyl (C=O) groups is 3. The number of nitrogens with one attached hydrogen (secondary N) is 1. The molecule has 30 heavy (non-hydrogen) atoms. The summed E-state index contributed by atoms with van der Waals surface area (Å²) in [6.07, 6.45) is 0.125. The highest BCUT2D eigenvalue weighted by molar-refractivity contribution is 6.31. The minimum absolute atomic E-state index is 0.00689. The summed E-state index contributed by atoms with van der Waals surface area (Å²) in [7, 11) is 0. The molecule has 0 aliphatic rings. The first kappa shape index (κ1) is 21.6. The lowest BCUT2D eigenvalue weighted by Crippen LogP contribution is -2.41. The van der Waals surface area contributed by atoms with E-state index >= 15 is 0 Å². The Balaban J connectivity index is 2.17. The molecular formula is C23H22ClNO5. The quantitative estimate of drug-likeness (QED) is 0.308. The van der Waals surface area contributed by atoms with Crippen molar-refractivity contribution in [1.82, 2.24) is 4.98 Å². The van der Waals surface area contributed by atoms with E-state index in [9.17, 15) is 19.5 Å². The number of halogens is 1. The lowest BCUT2D eigenvalue weighted by atomic mass is 9.82. The van der Waals surface area contributed by atoms with Gasteiger partial charge in [0, 0.05) is 16.0 Å². The molecule has 0 amide bonds. The summed E-state index contributed by atoms with van der Waals surface area (Å²) in [6, 6.07) is 11.9. The van der Waals surface area contributed by atoms with Crippen molar-refractivity contribution in [2.75, 3.05) is 0 Å². The van der Waals surface area contributed by atoms with Crippen LogP contribution in [-0.2, 0) is 9.59 Å². The third-order valence-corrected chi connectivity index (χ3v) is 5.77. The van der Waals surface area contributed by atoms with Gasteiger partial charge in [-0.3, -0.25) is 14.4 Å². The molecular weight excluding hydrogens is 406 g/mol. The van der Waals surface area contributed by atoms with E-state index in [2.05, 4.69) is 4.98 Å². The van der Waals surface area contributed by atoms with Crippen molar-refractivity contribution >= 4 is 40.2 Å². The van der Waals surface area contributed by atoms with Gasteiger partial charge in [0.1, 0.15) is 5.69 Å². The number of ketones is 1. The number of carbonyl (C=O) groups excluding carboxylic acids is 2. The number of hydrogen-bond donors (Lipinski definition) is 2. The van der Waals surface area contributed by atoms with Crippen LogP contribution < -0.4 is 4.74 Å². The molecule has 0 radical (unpaired) electrons. The smallest absolute Gasteiger partial charge is 0.328 e. The Bertz CT molecular complexity index is 1140. The lowest BCUT2D eigenvalue weighted by molar-refractivity contribution is -0.163. The Hall–Kier alpha value is -3.12. The Morgan fingerprint density at radius 1 is 1.10 bits per heavy atom. The molecule has 0 aliphatic heterocycles.